The predicted octanol–water partition coefficient (Wildman–Crippen LogP) is 0.519. The van der Waals surface area contributed by atoms with E-state index in [-0.39, 0.29) is 5.92 Å². The van der Waals surface area contributed by atoms with E-state index >= 15 is 0 Å². The third-order valence-corrected chi connectivity index (χ3v) is 4.43. The second kappa shape index (κ2) is 5.47. The standard InChI is InChI=1S/C14H13F3O7/c1-4-7-9-11(24-13(7)20)10(8(4)23-9)22-6(18)3-21-12(19)5(2)14(15,16)17/h4,7-11H,2-3H2,1H3. The lowest BCUT2D eigenvalue weighted by molar-refractivity contribution is -0.170. The molecule has 0 N–H and O–H groups in total. The number of carbonyl (C=O) groups is 3. The van der Waals surface area contributed by atoms with Crippen LogP contribution in [0.2, 0.25) is 0 Å². The summed E-state index contributed by atoms with van der Waals surface area (Å²) >= 11 is 0. The number of alkyl halides is 3. The van der Waals surface area contributed by atoms with Crippen molar-refractivity contribution in [3.63, 3.8) is 0 Å². The fraction of sp³-hybridized carbons (Fsp3) is 0.643. The van der Waals surface area contributed by atoms with E-state index < -0.39 is 66.6 Å². The van der Waals surface area contributed by atoms with Crippen LogP contribution < -0.4 is 0 Å². The minimum absolute atomic E-state index is 0.216. The van der Waals surface area contributed by atoms with Crippen molar-refractivity contribution in [3.8, 4) is 0 Å². The largest absolute Gasteiger partial charge is 0.455 e. The zero-order valence-corrected chi connectivity index (χ0v) is 12.4. The van der Waals surface area contributed by atoms with E-state index in [9.17, 15) is 27.6 Å². The van der Waals surface area contributed by atoms with Crippen LogP contribution in [-0.2, 0) is 33.3 Å². The van der Waals surface area contributed by atoms with E-state index in [1.807, 2.05) is 0 Å². The molecule has 132 valence electrons. The van der Waals surface area contributed by atoms with Gasteiger partial charge < -0.3 is 18.9 Å². The van der Waals surface area contributed by atoms with Crippen LogP contribution in [0.5, 0.6) is 0 Å². The highest BCUT2D eigenvalue weighted by Crippen LogP contribution is 2.50. The Morgan fingerprint density at radius 2 is 1.92 bits per heavy atom. The molecule has 3 heterocycles. The molecule has 3 fully saturated rings. The summed E-state index contributed by atoms with van der Waals surface area (Å²) in [6, 6.07) is 0. The molecule has 0 aliphatic carbocycles. The van der Waals surface area contributed by atoms with Crippen molar-refractivity contribution in [1.82, 2.24) is 0 Å². The minimum Gasteiger partial charge on any atom is -0.455 e. The molecule has 6 atom stereocenters. The average molecular weight is 350 g/mol. The summed E-state index contributed by atoms with van der Waals surface area (Å²) in [6.07, 6.45) is -7.59. The summed E-state index contributed by atoms with van der Waals surface area (Å²) in [5.41, 5.74) is -1.72. The van der Waals surface area contributed by atoms with Gasteiger partial charge in [0.1, 0.15) is 17.8 Å². The molecule has 0 saturated carbocycles. The first-order chi connectivity index (χ1) is 11.1. The fourth-order valence-electron chi connectivity index (χ4n) is 3.27. The molecular weight excluding hydrogens is 337 g/mol. The molecule has 2 bridgehead atoms. The molecule has 3 saturated heterocycles. The van der Waals surface area contributed by atoms with Gasteiger partial charge in [0.05, 0.1) is 5.92 Å². The number of esters is 3. The second-order valence-corrected chi connectivity index (χ2v) is 5.86. The molecule has 7 nitrogen and oxygen atoms in total. The highest BCUT2D eigenvalue weighted by molar-refractivity contribution is 5.90. The van der Waals surface area contributed by atoms with Crippen LogP contribution in [0.3, 0.4) is 0 Å². The molecule has 3 rings (SSSR count). The molecule has 0 aromatic rings. The Hall–Kier alpha value is -2.10. The lowest BCUT2D eigenvalue weighted by Crippen LogP contribution is -2.44. The van der Waals surface area contributed by atoms with Crippen LogP contribution in [0.4, 0.5) is 13.2 Å². The summed E-state index contributed by atoms with van der Waals surface area (Å²) < 4.78 is 56.8. The molecule has 3 aliphatic heterocycles. The molecule has 0 amide bonds. The van der Waals surface area contributed by atoms with Crippen LogP contribution >= 0.6 is 0 Å². The Balaban J connectivity index is 1.54. The van der Waals surface area contributed by atoms with Crippen molar-refractivity contribution in [2.24, 2.45) is 11.8 Å². The summed E-state index contributed by atoms with van der Waals surface area (Å²) in [6.45, 7) is 3.30. The molecule has 24 heavy (non-hydrogen) atoms. The number of carbonyl (C=O) groups excluding carboxylic acids is 3. The maximum absolute atomic E-state index is 12.3. The lowest BCUT2D eigenvalue weighted by Gasteiger charge is -2.26. The van der Waals surface area contributed by atoms with Crippen molar-refractivity contribution in [3.05, 3.63) is 12.2 Å². The van der Waals surface area contributed by atoms with Gasteiger partial charge in [0, 0.05) is 5.92 Å². The molecule has 3 aliphatic rings. The highest BCUT2D eigenvalue weighted by Gasteiger charge is 2.68. The van der Waals surface area contributed by atoms with Gasteiger partial charge in [-0.1, -0.05) is 13.5 Å². The molecular formula is C14H13F3O7. The van der Waals surface area contributed by atoms with Gasteiger partial charge in [0.15, 0.2) is 18.8 Å². The van der Waals surface area contributed by atoms with Gasteiger partial charge in [-0.3, -0.25) is 4.79 Å². The number of rotatable bonds is 4. The number of fused-ring (bicyclic) bond motifs is 1. The quantitative estimate of drug-likeness (QED) is 0.415. The highest BCUT2D eigenvalue weighted by atomic mass is 19.4. The summed E-state index contributed by atoms with van der Waals surface area (Å²) in [5, 5.41) is 0. The third-order valence-electron chi connectivity index (χ3n) is 4.43. The second-order valence-electron chi connectivity index (χ2n) is 5.86. The minimum atomic E-state index is -4.94. The zero-order chi connectivity index (χ0) is 17.8. The van der Waals surface area contributed by atoms with Crippen molar-refractivity contribution in [2.75, 3.05) is 6.61 Å². The summed E-state index contributed by atoms with van der Waals surface area (Å²) in [7, 11) is 0. The van der Waals surface area contributed by atoms with Gasteiger partial charge >= 0.3 is 24.1 Å². The maximum atomic E-state index is 12.3. The smallest absolute Gasteiger partial charge is 0.422 e. The zero-order valence-electron chi connectivity index (χ0n) is 12.4. The van der Waals surface area contributed by atoms with Gasteiger partial charge in [0.2, 0.25) is 0 Å². The molecule has 0 spiro atoms. The Labute approximate surface area is 133 Å². The van der Waals surface area contributed by atoms with Gasteiger partial charge in [-0.25, -0.2) is 9.59 Å². The topological polar surface area (TPSA) is 88.1 Å². The molecule has 0 aromatic heterocycles. The van der Waals surface area contributed by atoms with Gasteiger partial charge in [-0.15, -0.1) is 0 Å². The van der Waals surface area contributed by atoms with Crippen molar-refractivity contribution in [1.29, 1.82) is 0 Å². The van der Waals surface area contributed by atoms with E-state index in [1.54, 1.807) is 6.92 Å². The van der Waals surface area contributed by atoms with E-state index in [2.05, 4.69) is 11.3 Å². The third kappa shape index (κ3) is 2.54. The van der Waals surface area contributed by atoms with Gasteiger partial charge in [-0.2, -0.15) is 13.2 Å². The van der Waals surface area contributed by atoms with Crippen molar-refractivity contribution < 1.29 is 46.5 Å². The van der Waals surface area contributed by atoms with Crippen LogP contribution in [0.1, 0.15) is 6.92 Å². The number of halogens is 3. The van der Waals surface area contributed by atoms with Crippen molar-refractivity contribution in [2.45, 2.75) is 37.5 Å². The Bertz CT molecular complexity index is 614. The Kier molecular flexibility index (Phi) is 3.82. The molecule has 10 heteroatoms. The van der Waals surface area contributed by atoms with Gasteiger partial charge in [-0.05, 0) is 0 Å². The summed E-state index contributed by atoms with van der Waals surface area (Å²) in [4.78, 5) is 34.5. The lowest BCUT2D eigenvalue weighted by atomic mass is 9.80. The fourth-order valence-corrected chi connectivity index (χ4v) is 3.27. The molecule has 6 unspecified atom stereocenters. The van der Waals surface area contributed by atoms with Crippen LogP contribution in [-0.4, -0.2) is 55.1 Å². The molecule has 0 aromatic carbocycles. The van der Waals surface area contributed by atoms with E-state index in [4.69, 9.17) is 14.2 Å². The van der Waals surface area contributed by atoms with Crippen LogP contribution in [0, 0.1) is 11.8 Å². The number of hydrogen-bond acceptors (Lipinski definition) is 7. The first-order valence-corrected chi connectivity index (χ1v) is 7.10. The first kappa shape index (κ1) is 16.7. The van der Waals surface area contributed by atoms with Crippen LogP contribution in [0.15, 0.2) is 12.2 Å². The van der Waals surface area contributed by atoms with E-state index in [0.29, 0.717) is 0 Å². The Morgan fingerprint density at radius 1 is 1.25 bits per heavy atom. The normalized spacial score (nSPS) is 36.4. The summed E-state index contributed by atoms with van der Waals surface area (Å²) in [5.74, 6) is -3.86. The SMILES string of the molecule is C=C(C(=O)OCC(=O)OC1C2OC3C1OC(=O)C3C2C)C(F)(F)F. The predicted molar refractivity (Wildman–Crippen MR) is 67.2 cm³/mol. The molecule has 0 radical (unpaired) electrons. The van der Waals surface area contributed by atoms with E-state index in [0.717, 1.165) is 0 Å². The van der Waals surface area contributed by atoms with Crippen LogP contribution in [0.25, 0.3) is 0 Å². The Morgan fingerprint density at radius 3 is 2.54 bits per heavy atom. The monoisotopic (exact) mass is 350 g/mol. The first-order valence-electron chi connectivity index (χ1n) is 7.10. The number of hydrogen-bond donors (Lipinski definition) is 0. The van der Waals surface area contributed by atoms with Crippen molar-refractivity contribution >= 4 is 17.9 Å². The number of ether oxygens (including phenoxy) is 4. The maximum Gasteiger partial charge on any atom is 0.422 e. The average Bonchev–Trinajstić information content (AvgIpc) is 3.07. The van der Waals surface area contributed by atoms with Gasteiger partial charge in [0.25, 0.3) is 0 Å². The van der Waals surface area contributed by atoms with E-state index in [1.165, 1.54) is 0 Å².